The van der Waals surface area contributed by atoms with Gasteiger partial charge in [0, 0.05) is 12.6 Å². The van der Waals surface area contributed by atoms with E-state index in [9.17, 15) is 0 Å². The highest BCUT2D eigenvalue weighted by molar-refractivity contribution is 4.71. The lowest BCUT2D eigenvalue weighted by molar-refractivity contribution is 0.242. The van der Waals surface area contributed by atoms with Crippen LogP contribution in [0.2, 0.25) is 0 Å². The van der Waals surface area contributed by atoms with Gasteiger partial charge >= 0.3 is 0 Å². The molecule has 0 aliphatic carbocycles. The van der Waals surface area contributed by atoms with Crippen LogP contribution in [0.15, 0.2) is 0 Å². The molecule has 1 heterocycles. The van der Waals surface area contributed by atoms with Crippen molar-refractivity contribution in [1.29, 1.82) is 0 Å². The number of rotatable bonds is 0. The molecule has 1 atom stereocenters. The fourth-order valence-corrected chi connectivity index (χ4v) is 1.49. The van der Waals surface area contributed by atoms with Crippen LogP contribution in [0, 0.1) is 0 Å². The second kappa shape index (κ2) is 3.35. The molecule has 1 rings (SSSR count). The zero-order valence-electron chi connectivity index (χ0n) is 7.30. The Balaban J connectivity index is 2.41. The van der Waals surface area contributed by atoms with Crippen molar-refractivity contribution >= 4 is 0 Å². The van der Waals surface area contributed by atoms with E-state index in [1.54, 1.807) is 0 Å². The van der Waals surface area contributed by atoms with Crippen LogP contribution >= 0.6 is 0 Å². The molecule has 0 N–H and O–H groups in total. The first-order chi connectivity index (χ1) is 4.70. The van der Waals surface area contributed by atoms with Crippen LogP contribution in [-0.4, -0.2) is 49.6 Å². The molecule has 0 aromatic rings. The van der Waals surface area contributed by atoms with E-state index in [-0.39, 0.29) is 0 Å². The Morgan fingerprint density at radius 2 is 1.90 bits per heavy atom. The standard InChI is InChI=1S/C8H18N2/c1-8-7-9(2)5-4-6-10(8)3/h8H,4-7H2,1-3H3/t8-/m0/s1. The first-order valence-electron chi connectivity index (χ1n) is 4.09. The first-order valence-corrected chi connectivity index (χ1v) is 4.09. The fourth-order valence-electron chi connectivity index (χ4n) is 1.49. The molecule has 1 aliphatic rings. The molecule has 1 fully saturated rings. The molecule has 60 valence electrons. The van der Waals surface area contributed by atoms with E-state index in [1.165, 1.54) is 26.1 Å². The molecule has 2 heteroatoms. The Morgan fingerprint density at radius 3 is 2.60 bits per heavy atom. The van der Waals surface area contributed by atoms with Gasteiger partial charge in [0.25, 0.3) is 0 Å². The molecular weight excluding hydrogens is 124 g/mol. The minimum absolute atomic E-state index is 0.729. The highest BCUT2D eigenvalue weighted by Gasteiger charge is 2.14. The third-order valence-electron chi connectivity index (χ3n) is 2.38. The molecule has 2 nitrogen and oxygen atoms in total. The van der Waals surface area contributed by atoms with Crippen LogP contribution in [0.4, 0.5) is 0 Å². The summed E-state index contributed by atoms with van der Waals surface area (Å²) < 4.78 is 0. The molecule has 0 aromatic carbocycles. The largest absolute Gasteiger partial charge is 0.305 e. The van der Waals surface area contributed by atoms with E-state index < -0.39 is 0 Å². The molecule has 1 saturated heterocycles. The molecule has 1 aliphatic heterocycles. The summed E-state index contributed by atoms with van der Waals surface area (Å²) >= 11 is 0. The Hall–Kier alpha value is -0.0800. The predicted molar refractivity (Wildman–Crippen MR) is 44.2 cm³/mol. The first kappa shape index (κ1) is 8.02. The minimum Gasteiger partial charge on any atom is -0.305 e. The maximum Gasteiger partial charge on any atom is 0.0191 e. The Labute approximate surface area is 63.8 Å². The van der Waals surface area contributed by atoms with Crippen LogP contribution in [0.1, 0.15) is 13.3 Å². The smallest absolute Gasteiger partial charge is 0.0191 e. The normalized spacial score (nSPS) is 32.1. The van der Waals surface area contributed by atoms with E-state index in [2.05, 4.69) is 30.8 Å². The van der Waals surface area contributed by atoms with Gasteiger partial charge in [0.2, 0.25) is 0 Å². The van der Waals surface area contributed by atoms with Crippen molar-refractivity contribution in [3.8, 4) is 0 Å². The average molecular weight is 142 g/mol. The summed E-state index contributed by atoms with van der Waals surface area (Å²) in [7, 11) is 4.42. The monoisotopic (exact) mass is 142 g/mol. The van der Waals surface area contributed by atoms with Crippen LogP contribution in [0.3, 0.4) is 0 Å². The van der Waals surface area contributed by atoms with Gasteiger partial charge < -0.3 is 9.80 Å². The average Bonchev–Trinajstić information content (AvgIpc) is 1.96. The van der Waals surface area contributed by atoms with Crippen LogP contribution in [0.5, 0.6) is 0 Å². The van der Waals surface area contributed by atoms with Gasteiger partial charge in [-0.15, -0.1) is 0 Å². The molecule has 0 amide bonds. The summed E-state index contributed by atoms with van der Waals surface area (Å²) in [5.41, 5.74) is 0. The Bertz CT molecular complexity index is 103. The quantitative estimate of drug-likeness (QED) is 0.490. The van der Waals surface area contributed by atoms with Crippen LogP contribution in [-0.2, 0) is 0 Å². The van der Waals surface area contributed by atoms with E-state index in [4.69, 9.17) is 0 Å². The van der Waals surface area contributed by atoms with Crippen molar-refractivity contribution in [2.45, 2.75) is 19.4 Å². The van der Waals surface area contributed by atoms with Gasteiger partial charge in [0.05, 0.1) is 0 Å². The minimum atomic E-state index is 0.729. The van der Waals surface area contributed by atoms with Gasteiger partial charge in [-0.2, -0.15) is 0 Å². The van der Waals surface area contributed by atoms with Gasteiger partial charge in [0.1, 0.15) is 0 Å². The van der Waals surface area contributed by atoms with Gasteiger partial charge in [0.15, 0.2) is 0 Å². The maximum atomic E-state index is 2.43. The van der Waals surface area contributed by atoms with Crippen molar-refractivity contribution in [2.75, 3.05) is 33.7 Å². The maximum absolute atomic E-state index is 2.43. The lowest BCUT2D eigenvalue weighted by atomic mass is 10.3. The van der Waals surface area contributed by atoms with E-state index in [1.807, 2.05) is 0 Å². The van der Waals surface area contributed by atoms with Crippen LogP contribution in [0.25, 0.3) is 0 Å². The molecule has 0 radical (unpaired) electrons. The van der Waals surface area contributed by atoms with Crippen LogP contribution < -0.4 is 0 Å². The van der Waals surface area contributed by atoms with E-state index in [0.717, 1.165) is 6.04 Å². The predicted octanol–water partition coefficient (Wildman–Crippen LogP) is 0.642. The summed E-state index contributed by atoms with van der Waals surface area (Å²) in [5, 5.41) is 0. The SMILES string of the molecule is C[C@H]1CN(C)CCCN1C. The van der Waals surface area contributed by atoms with Crippen molar-refractivity contribution in [3.05, 3.63) is 0 Å². The number of hydrogen-bond donors (Lipinski definition) is 0. The van der Waals surface area contributed by atoms with E-state index >= 15 is 0 Å². The summed E-state index contributed by atoms with van der Waals surface area (Å²) in [6.07, 6.45) is 1.32. The molecule has 0 bridgehead atoms. The van der Waals surface area contributed by atoms with Gasteiger partial charge in [-0.05, 0) is 40.5 Å². The summed E-state index contributed by atoms with van der Waals surface area (Å²) in [6.45, 7) is 6.03. The van der Waals surface area contributed by atoms with Gasteiger partial charge in [-0.1, -0.05) is 0 Å². The summed E-state index contributed by atoms with van der Waals surface area (Å²) in [6, 6.07) is 0.729. The molecule has 0 spiro atoms. The number of hydrogen-bond acceptors (Lipinski definition) is 2. The zero-order chi connectivity index (χ0) is 7.56. The fraction of sp³-hybridized carbons (Fsp3) is 1.00. The molecule has 10 heavy (non-hydrogen) atoms. The third kappa shape index (κ3) is 1.96. The van der Waals surface area contributed by atoms with Gasteiger partial charge in [-0.3, -0.25) is 0 Å². The second-order valence-corrected chi connectivity index (χ2v) is 3.45. The van der Waals surface area contributed by atoms with E-state index in [0.29, 0.717) is 0 Å². The number of likely N-dealkylation sites (N-methyl/N-ethyl adjacent to an activating group) is 2. The number of nitrogens with zero attached hydrogens (tertiary/aromatic N) is 2. The van der Waals surface area contributed by atoms with Crippen molar-refractivity contribution in [3.63, 3.8) is 0 Å². The summed E-state index contributed by atoms with van der Waals surface area (Å²) in [4.78, 5) is 4.84. The second-order valence-electron chi connectivity index (χ2n) is 3.45. The topological polar surface area (TPSA) is 6.48 Å². The Morgan fingerprint density at radius 1 is 1.20 bits per heavy atom. The zero-order valence-corrected chi connectivity index (χ0v) is 7.30. The lowest BCUT2D eigenvalue weighted by Gasteiger charge is -2.22. The molecule has 0 aromatic heterocycles. The lowest BCUT2D eigenvalue weighted by Crippen LogP contribution is -2.34. The summed E-state index contributed by atoms with van der Waals surface area (Å²) in [5.74, 6) is 0. The molecule has 0 unspecified atom stereocenters. The van der Waals surface area contributed by atoms with Gasteiger partial charge in [-0.25, -0.2) is 0 Å². The molecule has 0 saturated carbocycles. The highest BCUT2D eigenvalue weighted by atomic mass is 15.2. The van der Waals surface area contributed by atoms with Crippen molar-refractivity contribution in [1.82, 2.24) is 9.80 Å². The third-order valence-corrected chi connectivity index (χ3v) is 2.38. The van der Waals surface area contributed by atoms with Crippen molar-refractivity contribution < 1.29 is 0 Å². The van der Waals surface area contributed by atoms with Crippen molar-refractivity contribution in [2.24, 2.45) is 0 Å². The Kier molecular flexibility index (Phi) is 2.69. The highest BCUT2D eigenvalue weighted by Crippen LogP contribution is 2.04. The molecular formula is C8H18N2.